The minimum Gasteiger partial charge on any atom is -0.384 e. The number of hydrogen-bond acceptors (Lipinski definition) is 7. The van der Waals surface area contributed by atoms with Gasteiger partial charge in [-0.25, -0.2) is 25.4 Å². The first kappa shape index (κ1) is 21.4. The first-order valence-electron chi connectivity index (χ1n) is 9.73. The van der Waals surface area contributed by atoms with Gasteiger partial charge in [0.25, 0.3) is 0 Å². The van der Waals surface area contributed by atoms with Crippen molar-refractivity contribution in [2.24, 2.45) is 0 Å². The van der Waals surface area contributed by atoms with Crippen molar-refractivity contribution in [1.29, 1.82) is 0 Å². The first-order chi connectivity index (χ1) is 13.8. The van der Waals surface area contributed by atoms with Crippen LogP contribution in [0.2, 0.25) is 0 Å². The highest BCUT2D eigenvalue weighted by Crippen LogP contribution is 2.39. The maximum atomic E-state index is 12.3. The second kappa shape index (κ2) is 8.61. The van der Waals surface area contributed by atoms with Gasteiger partial charge in [0.05, 0.1) is 11.3 Å². The van der Waals surface area contributed by atoms with Crippen LogP contribution in [0.1, 0.15) is 48.3 Å². The summed E-state index contributed by atoms with van der Waals surface area (Å²) in [5.74, 6) is 0.911. The van der Waals surface area contributed by atoms with Gasteiger partial charge in [-0.3, -0.25) is 4.79 Å². The lowest BCUT2D eigenvalue weighted by Crippen LogP contribution is -2.37. The highest BCUT2D eigenvalue weighted by molar-refractivity contribution is 8.15. The van der Waals surface area contributed by atoms with Crippen LogP contribution in [0.5, 0.6) is 0 Å². The Labute approximate surface area is 174 Å². The molecule has 0 radical (unpaired) electrons. The van der Waals surface area contributed by atoms with E-state index >= 15 is 0 Å². The van der Waals surface area contributed by atoms with Crippen LogP contribution in [-0.4, -0.2) is 44.9 Å². The number of aryl methyl sites for hydroxylation is 1. The van der Waals surface area contributed by atoms with Gasteiger partial charge in [-0.2, -0.15) is 10.9 Å². The zero-order valence-corrected chi connectivity index (χ0v) is 18.3. The maximum absolute atomic E-state index is 12.3. The number of nitrogens with one attached hydrogen (secondary N) is 1. The molecule has 0 amide bonds. The van der Waals surface area contributed by atoms with Crippen molar-refractivity contribution in [2.75, 3.05) is 24.1 Å². The number of aliphatic hydroxyl groups is 1. The van der Waals surface area contributed by atoms with E-state index in [1.807, 2.05) is 19.1 Å². The molecule has 1 aliphatic rings. The molecular weight excluding hydrogens is 386 g/mol. The lowest BCUT2D eigenvalue weighted by Gasteiger charge is -2.27. The largest absolute Gasteiger partial charge is 0.384 e. The molecular formula is C21H29N5O2S. The Morgan fingerprint density at radius 2 is 2.17 bits per heavy atom. The van der Waals surface area contributed by atoms with E-state index in [1.54, 1.807) is 17.3 Å². The molecule has 0 fully saturated rings. The third-order valence-electron chi connectivity index (χ3n) is 5.17. The number of carbonyl (C=O) groups is 1. The molecule has 1 aliphatic carbocycles. The Kier molecular flexibility index (Phi) is 6.36. The molecule has 0 aliphatic heterocycles. The van der Waals surface area contributed by atoms with Gasteiger partial charge < -0.3 is 5.11 Å². The van der Waals surface area contributed by atoms with E-state index in [4.69, 9.17) is 9.97 Å². The summed E-state index contributed by atoms with van der Waals surface area (Å²) < 4.78 is 0. The summed E-state index contributed by atoms with van der Waals surface area (Å²) in [5.41, 5.74) is 4.49. The van der Waals surface area contributed by atoms with Gasteiger partial charge in [0.15, 0.2) is 16.8 Å². The molecule has 156 valence electrons. The average molecular weight is 416 g/mol. The average Bonchev–Trinajstić information content (AvgIpc) is 3.05. The third kappa shape index (κ3) is 4.19. The number of pyridine rings is 1. The van der Waals surface area contributed by atoms with E-state index < -0.39 is 16.5 Å². The number of anilines is 2. The number of rotatable bonds is 8. The molecule has 0 aromatic carbocycles. The van der Waals surface area contributed by atoms with Crippen LogP contribution in [0.15, 0.2) is 36.1 Å². The predicted octanol–water partition coefficient (Wildman–Crippen LogP) is 3.07. The van der Waals surface area contributed by atoms with Crippen LogP contribution in [0, 0.1) is 0 Å². The molecule has 7 nitrogen and oxygen atoms in total. The van der Waals surface area contributed by atoms with Crippen LogP contribution in [0.3, 0.4) is 0 Å². The molecule has 0 saturated heterocycles. The van der Waals surface area contributed by atoms with Gasteiger partial charge in [0.1, 0.15) is 11.4 Å². The summed E-state index contributed by atoms with van der Waals surface area (Å²) in [6.07, 6.45) is 9.52. The number of ketones is 1. The molecule has 2 aromatic heterocycles. The standard InChI is InChI=1S/C21H29N5O2S/c1-6-12-23-26(19-16(14(3)27)13-22-20(25-19)29(4)5)17-9-8-15-10-11-21(28,7-2)18(15)24-17/h6,8-9,13,23,28-29H,1,7,10-12H2,2-5H3/t21-/m1/s1. The van der Waals surface area contributed by atoms with Gasteiger partial charge in [0, 0.05) is 12.7 Å². The Bertz CT molecular complexity index is 933. The topological polar surface area (TPSA) is 91.2 Å². The summed E-state index contributed by atoms with van der Waals surface area (Å²) in [5, 5.41) is 13.4. The van der Waals surface area contributed by atoms with Crippen molar-refractivity contribution < 1.29 is 9.90 Å². The molecule has 1 atom stereocenters. The molecule has 0 saturated carbocycles. The Morgan fingerprint density at radius 3 is 2.79 bits per heavy atom. The smallest absolute Gasteiger partial charge is 0.169 e. The summed E-state index contributed by atoms with van der Waals surface area (Å²) in [7, 11) is -0.541. The molecule has 3 rings (SSSR count). The zero-order chi connectivity index (χ0) is 21.2. The van der Waals surface area contributed by atoms with E-state index in [0.29, 0.717) is 47.4 Å². The van der Waals surface area contributed by atoms with Gasteiger partial charge in [-0.05, 0) is 50.3 Å². The third-order valence-corrected chi connectivity index (χ3v) is 6.18. The summed E-state index contributed by atoms with van der Waals surface area (Å²) in [6.45, 7) is 7.70. The highest BCUT2D eigenvalue weighted by Gasteiger charge is 2.37. The van der Waals surface area contributed by atoms with Crippen LogP contribution in [-0.2, 0) is 12.0 Å². The molecule has 2 aromatic rings. The van der Waals surface area contributed by atoms with Gasteiger partial charge in [-0.1, -0.05) is 19.1 Å². The minimum absolute atomic E-state index is 0.125. The monoisotopic (exact) mass is 415 g/mol. The second-order valence-electron chi connectivity index (χ2n) is 7.41. The number of Topliss-reactive ketones (excluding diaryl/α,β-unsaturated/α-hetero) is 1. The van der Waals surface area contributed by atoms with E-state index in [1.165, 1.54) is 6.92 Å². The maximum Gasteiger partial charge on any atom is 0.169 e. The zero-order valence-electron chi connectivity index (χ0n) is 17.4. The SMILES string of the molecule is C=CCNN(c1ccc2c(n1)[C@@](O)(CC)CC2)c1nc([SH](C)C)ncc1C(C)=O. The molecule has 0 unspecified atom stereocenters. The second-order valence-corrected chi connectivity index (χ2v) is 9.60. The van der Waals surface area contributed by atoms with Crippen LogP contribution in [0.4, 0.5) is 11.6 Å². The van der Waals surface area contributed by atoms with Gasteiger partial charge in [-0.15, -0.1) is 6.58 Å². The van der Waals surface area contributed by atoms with Crippen molar-refractivity contribution in [3.63, 3.8) is 0 Å². The Balaban J connectivity index is 2.16. The fourth-order valence-electron chi connectivity index (χ4n) is 3.43. The van der Waals surface area contributed by atoms with E-state index in [-0.39, 0.29) is 5.78 Å². The molecule has 2 N–H and O–H groups in total. The van der Waals surface area contributed by atoms with Crippen LogP contribution < -0.4 is 10.4 Å². The Hall–Kier alpha value is -2.29. The number of fused-ring (bicyclic) bond motifs is 1. The summed E-state index contributed by atoms with van der Waals surface area (Å²) in [4.78, 5) is 26.1. The number of aromatic nitrogens is 3. The molecule has 0 spiro atoms. The number of hydrogen-bond donors (Lipinski definition) is 3. The van der Waals surface area contributed by atoms with Crippen molar-refractivity contribution in [3.8, 4) is 0 Å². The first-order valence-corrected chi connectivity index (χ1v) is 12.0. The molecule has 2 heterocycles. The Morgan fingerprint density at radius 1 is 1.41 bits per heavy atom. The van der Waals surface area contributed by atoms with Gasteiger partial charge >= 0.3 is 0 Å². The normalized spacial score (nSPS) is 18.3. The minimum atomic E-state index is -0.920. The van der Waals surface area contributed by atoms with E-state index in [0.717, 1.165) is 12.0 Å². The van der Waals surface area contributed by atoms with Crippen LogP contribution in [0.25, 0.3) is 0 Å². The number of nitrogens with zero attached hydrogens (tertiary/aromatic N) is 4. The number of carbonyl (C=O) groups excluding carboxylic acids is 1. The summed E-state index contributed by atoms with van der Waals surface area (Å²) in [6, 6.07) is 3.89. The van der Waals surface area contributed by atoms with E-state index in [2.05, 4.69) is 29.5 Å². The van der Waals surface area contributed by atoms with Crippen molar-refractivity contribution >= 4 is 28.3 Å². The van der Waals surface area contributed by atoms with E-state index in [9.17, 15) is 9.90 Å². The number of thiol groups is 1. The fourth-order valence-corrected chi connectivity index (χ4v) is 4.01. The predicted molar refractivity (Wildman–Crippen MR) is 118 cm³/mol. The number of hydrazine groups is 1. The van der Waals surface area contributed by atoms with Crippen molar-refractivity contribution in [1.82, 2.24) is 20.4 Å². The summed E-state index contributed by atoms with van der Waals surface area (Å²) >= 11 is 0. The quantitative estimate of drug-likeness (QED) is 0.201. The molecule has 8 heteroatoms. The van der Waals surface area contributed by atoms with Crippen molar-refractivity contribution in [2.45, 2.75) is 43.9 Å². The van der Waals surface area contributed by atoms with Crippen molar-refractivity contribution in [3.05, 3.63) is 47.8 Å². The van der Waals surface area contributed by atoms with Crippen LogP contribution >= 0.6 is 10.9 Å². The van der Waals surface area contributed by atoms with Gasteiger partial charge in [0.2, 0.25) is 0 Å². The fraction of sp³-hybridized carbons (Fsp3) is 0.429. The lowest BCUT2D eigenvalue weighted by atomic mass is 9.98. The molecule has 29 heavy (non-hydrogen) atoms. The lowest BCUT2D eigenvalue weighted by molar-refractivity contribution is 0.0307. The molecule has 0 bridgehead atoms. The highest BCUT2D eigenvalue weighted by atomic mass is 32.2.